The van der Waals surface area contributed by atoms with Gasteiger partial charge in [0, 0.05) is 6.42 Å². The van der Waals surface area contributed by atoms with Gasteiger partial charge in [0.05, 0.1) is 6.42 Å². The van der Waals surface area contributed by atoms with Gasteiger partial charge < -0.3 is 4.74 Å². The maximum atomic E-state index is 10.7. The third-order valence-electron chi connectivity index (χ3n) is 1.60. The lowest BCUT2D eigenvalue weighted by Crippen LogP contribution is -1.92. The summed E-state index contributed by atoms with van der Waals surface area (Å²) in [5, 5.41) is 0. The monoisotopic (exact) mass is 140 g/mol. The van der Waals surface area contributed by atoms with Gasteiger partial charge in [0.1, 0.15) is 5.76 Å². The number of ether oxygens (including phenoxy) is 1. The Balaban J connectivity index is 2.57. The molecule has 0 aromatic heterocycles. The Labute approximate surface area is 60.9 Å². The van der Waals surface area contributed by atoms with E-state index in [1.54, 1.807) is 0 Å². The summed E-state index contributed by atoms with van der Waals surface area (Å²) in [6.45, 7) is 4.03. The summed E-state index contributed by atoms with van der Waals surface area (Å²) >= 11 is 0. The number of allylic oxidation sites excluding steroid dienone is 1. The van der Waals surface area contributed by atoms with Crippen molar-refractivity contribution in [2.24, 2.45) is 0 Å². The number of carbonyl (C=O) groups is 1. The minimum Gasteiger partial charge on any atom is -0.431 e. The van der Waals surface area contributed by atoms with E-state index in [2.05, 4.69) is 6.92 Å². The van der Waals surface area contributed by atoms with E-state index in [1.165, 1.54) is 0 Å². The molecular weight excluding hydrogens is 128 g/mol. The van der Waals surface area contributed by atoms with E-state index in [0.717, 1.165) is 24.2 Å². The molecule has 0 aliphatic carbocycles. The fraction of sp³-hybridized carbons (Fsp3) is 0.625. The van der Waals surface area contributed by atoms with Crippen LogP contribution in [0.25, 0.3) is 0 Å². The minimum absolute atomic E-state index is 0.0963. The molecule has 0 saturated carbocycles. The molecule has 2 nitrogen and oxygen atoms in total. The van der Waals surface area contributed by atoms with Crippen molar-refractivity contribution in [3.8, 4) is 0 Å². The molecule has 1 rings (SSSR count). The van der Waals surface area contributed by atoms with E-state index < -0.39 is 0 Å². The molecule has 0 N–H and O–H groups in total. The molecule has 0 saturated heterocycles. The van der Waals surface area contributed by atoms with Crippen LogP contribution in [0.4, 0.5) is 0 Å². The summed E-state index contributed by atoms with van der Waals surface area (Å²) in [6, 6.07) is 0. The largest absolute Gasteiger partial charge is 0.431 e. The van der Waals surface area contributed by atoms with Gasteiger partial charge >= 0.3 is 5.97 Å². The van der Waals surface area contributed by atoms with Gasteiger partial charge in [0.25, 0.3) is 0 Å². The number of cyclic esters (lactones) is 1. The van der Waals surface area contributed by atoms with Gasteiger partial charge in [0.2, 0.25) is 0 Å². The third-order valence-corrected chi connectivity index (χ3v) is 1.60. The molecule has 0 amide bonds. The van der Waals surface area contributed by atoms with Crippen molar-refractivity contribution in [3.05, 3.63) is 11.3 Å². The molecule has 0 fully saturated rings. The highest BCUT2D eigenvalue weighted by atomic mass is 16.5. The molecule has 0 atom stereocenters. The van der Waals surface area contributed by atoms with Crippen molar-refractivity contribution in [2.45, 2.75) is 33.1 Å². The Kier molecular flexibility index (Phi) is 2.10. The van der Waals surface area contributed by atoms with Crippen LogP contribution in [-0.2, 0) is 9.53 Å². The Morgan fingerprint density at radius 1 is 1.60 bits per heavy atom. The molecule has 1 aliphatic rings. The SMILES string of the molecule is CCCC1=C(C)CC(=O)O1. The predicted molar refractivity (Wildman–Crippen MR) is 38.3 cm³/mol. The van der Waals surface area contributed by atoms with Crippen molar-refractivity contribution in [1.29, 1.82) is 0 Å². The number of rotatable bonds is 2. The van der Waals surface area contributed by atoms with Gasteiger partial charge in [0.15, 0.2) is 0 Å². The summed E-state index contributed by atoms with van der Waals surface area (Å²) in [6.07, 6.45) is 2.44. The second-order valence-corrected chi connectivity index (χ2v) is 2.60. The van der Waals surface area contributed by atoms with Gasteiger partial charge in [-0.15, -0.1) is 0 Å². The fourth-order valence-corrected chi connectivity index (χ4v) is 1.07. The molecule has 1 heterocycles. The van der Waals surface area contributed by atoms with Gasteiger partial charge in [-0.05, 0) is 18.9 Å². The van der Waals surface area contributed by atoms with Crippen molar-refractivity contribution in [1.82, 2.24) is 0 Å². The molecule has 0 aromatic rings. The van der Waals surface area contributed by atoms with E-state index in [4.69, 9.17) is 4.74 Å². The number of carbonyl (C=O) groups excluding carboxylic acids is 1. The highest BCUT2D eigenvalue weighted by molar-refractivity contribution is 5.76. The molecule has 0 bridgehead atoms. The molecular formula is C8H12O2. The van der Waals surface area contributed by atoms with Crippen LogP contribution in [0.2, 0.25) is 0 Å². The third kappa shape index (κ3) is 1.38. The molecule has 0 radical (unpaired) electrons. The quantitative estimate of drug-likeness (QED) is 0.548. The van der Waals surface area contributed by atoms with Crippen LogP contribution in [0.1, 0.15) is 33.1 Å². The summed E-state index contributed by atoms with van der Waals surface area (Å²) in [5.41, 5.74) is 1.10. The van der Waals surface area contributed by atoms with E-state index in [9.17, 15) is 4.79 Å². The Bertz CT molecular complexity index is 180. The van der Waals surface area contributed by atoms with Crippen LogP contribution in [-0.4, -0.2) is 5.97 Å². The molecule has 0 spiro atoms. The summed E-state index contributed by atoms with van der Waals surface area (Å²) in [5.74, 6) is 0.799. The summed E-state index contributed by atoms with van der Waals surface area (Å²) in [7, 11) is 0. The van der Waals surface area contributed by atoms with Gasteiger partial charge in [-0.3, -0.25) is 4.79 Å². The first-order chi connectivity index (χ1) is 4.74. The standard InChI is InChI=1S/C8H12O2/c1-3-4-7-6(2)5-8(9)10-7/h3-5H2,1-2H3. The van der Waals surface area contributed by atoms with Crippen LogP contribution < -0.4 is 0 Å². The van der Waals surface area contributed by atoms with Crippen LogP contribution in [0, 0.1) is 0 Å². The molecule has 1 aliphatic heterocycles. The molecule has 0 aromatic carbocycles. The van der Waals surface area contributed by atoms with Crippen LogP contribution in [0.5, 0.6) is 0 Å². The van der Waals surface area contributed by atoms with Gasteiger partial charge in [-0.1, -0.05) is 6.92 Å². The molecule has 56 valence electrons. The summed E-state index contributed by atoms with van der Waals surface area (Å²) < 4.78 is 4.95. The van der Waals surface area contributed by atoms with Crippen LogP contribution in [0.3, 0.4) is 0 Å². The number of hydrogen-bond donors (Lipinski definition) is 0. The summed E-state index contributed by atoms with van der Waals surface area (Å²) in [4.78, 5) is 10.7. The lowest BCUT2D eigenvalue weighted by molar-refractivity contribution is -0.136. The fourth-order valence-electron chi connectivity index (χ4n) is 1.07. The zero-order valence-corrected chi connectivity index (χ0v) is 6.44. The van der Waals surface area contributed by atoms with E-state index >= 15 is 0 Å². The van der Waals surface area contributed by atoms with Crippen molar-refractivity contribution < 1.29 is 9.53 Å². The highest BCUT2D eigenvalue weighted by Crippen LogP contribution is 2.22. The Morgan fingerprint density at radius 2 is 2.30 bits per heavy atom. The van der Waals surface area contributed by atoms with Gasteiger partial charge in [-0.25, -0.2) is 0 Å². The zero-order chi connectivity index (χ0) is 7.56. The molecule has 2 heteroatoms. The van der Waals surface area contributed by atoms with E-state index in [-0.39, 0.29) is 5.97 Å². The van der Waals surface area contributed by atoms with E-state index in [0.29, 0.717) is 6.42 Å². The average molecular weight is 140 g/mol. The first kappa shape index (κ1) is 7.32. The predicted octanol–water partition coefficient (Wildman–Crippen LogP) is 2.01. The Morgan fingerprint density at radius 3 is 2.70 bits per heavy atom. The first-order valence-electron chi connectivity index (χ1n) is 3.63. The minimum atomic E-state index is -0.0963. The second kappa shape index (κ2) is 2.86. The van der Waals surface area contributed by atoms with Crippen LogP contribution in [0.15, 0.2) is 11.3 Å². The topological polar surface area (TPSA) is 26.3 Å². The highest BCUT2D eigenvalue weighted by Gasteiger charge is 2.18. The lowest BCUT2D eigenvalue weighted by atomic mass is 10.2. The average Bonchev–Trinajstić information content (AvgIpc) is 2.13. The van der Waals surface area contributed by atoms with Gasteiger partial charge in [-0.2, -0.15) is 0 Å². The van der Waals surface area contributed by atoms with E-state index in [1.807, 2.05) is 6.92 Å². The maximum Gasteiger partial charge on any atom is 0.315 e. The molecule has 0 unspecified atom stereocenters. The molecule has 10 heavy (non-hydrogen) atoms. The second-order valence-electron chi connectivity index (χ2n) is 2.60. The van der Waals surface area contributed by atoms with Crippen LogP contribution >= 0.6 is 0 Å². The lowest BCUT2D eigenvalue weighted by Gasteiger charge is -1.98. The smallest absolute Gasteiger partial charge is 0.315 e. The van der Waals surface area contributed by atoms with Crippen molar-refractivity contribution in [3.63, 3.8) is 0 Å². The maximum absolute atomic E-state index is 10.7. The number of hydrogen-bond acceptors (Lipinski definition) is 2. The number of esters is 1. The normalized spacial score (nSPS) is 18.0. The van der Waals surface area contributed by atoms with Crippen molar-refractivity contribution in [2.75, 3.05) is 0 Å². The first-order valence-corrected chi connectivity index (χ1v) is 3.63. The van der Waals surface area contributed by atoms with Crippen molar-refractivity contribution >= 4 is 5.97 Å². The zero-order valence-electron chi connectivity index (χ0n) is 6.44. The Hall–Kier alpha value is -0.790.